The van der Waals surface area contributed by atoms with Crippen molar-refractivity contribution in [3.63, 3.8) is 0 Å². The highest BCUT2D eigenvalue weighted by atomic mass is 16.4. The number of hydrogen-bond donors (Lipinski definition) is 2. The summed E-state index contributed by atoms with van der Waals surface area (Å²) in [7, 11) is 0. The molecule has 0 amide bonds. The lowest BCUT2D eigenvalue weighted by Crippen LogP contribution is -2.40. The van der Waals surface area contributed by atoms with Crippen molar-refractivity contribution in [3.05, 3.63) is 54.2 Å². The van der Waals surface area contributed by atoms with Crippen molar-refractivity contribution in [1.29, 1.82) is 0 Å². The minimum atomic E-state index is -1.24. The number of carbonyl (C=O) groups is 1. The van der Waals surface area contributed by atoms with Crippen molar-refractivity contribution in [2.45, 2.75) is 12.5 Å². The second-order valence-corrected chi connectivity index (χ2v) is 4.03. The van der Waals surface area contributed by atoms with E-state index in [0.29, 0.717) is 11.4 Å². The van der Waals surface area contributed by atoms with E-state index < -0.39 is 11.5 Å². The number of anilines is 1. The molecule has 2 N–H and O–H groups in total. The summed E-state index contributed by atoms with van der Waals surface area (Å²) >= 11 is 0. The maximum Gasteiger partial charge on any atom is 0.333 e. The molecule has 18 heavy (non-hydrogen) atoms. The second-order valence-electron chi connectivity index (χ2n) is 4.03. The average Bonchev–Trinajstić information content (AvgIpc) is 2.40. The van der Waals surface area contributed by atoms with E-state index in [-0.39, 0.29) is 0 Å². The average molecular weight is 243 g/mol. The number of nitrogens with one attached hydrogen (secondary N) is 1. The first-order valence-electron chi connectivity index (χ1n) is 5.48. The molecular weight excluding hydrogens is 230 g/mol. The molecule has 1 heterocycles. The number of carboxylic acid groups (broad SMARTS) is 1. The molecular formula is C13H13N3O2. The summed E-state index contributed by atoms with van der Waals surface area (Å²) < 4.78 is 0. The first kappa shape index (κ1) is 12.0. The second kappa shape index (κ2) is 4.83. The standard InChI is InChI=1S/C13H13N3O2/c1-13(12(17)18,10-6-3-2-4-7-10)15-11-8-5-9-14-16-11/h2-9H,1H3,(H,15,16)(H,17,18). The Labute approximate surface area is 104 Å². The zero-order valence-electron chi connectivity index (χ0n) is 9.87. The summed E-state index contributed by atoms with van der Waals surface area (Å²) in [6.45, 7) is 1.60. The van der Waals surface area contributed by atoms with Crippen molar-refractivity contribution >= 4 is 11.8 Å². The molecule has 0 saturated heterocycles. The van der Waals surface area contributed by atoms with Gasteiger partial charge in [0, 0.05) is 6.20 Å². The molecule has 0 aliphatic rings. The van der Waals surface area contributed by atoms with E-state index >= 15 is 0 Å². The number of carboxylic acids is 1. The Bertz CT molecular complexity index is 530. The lowest BCUT2D eigenvalue weighted by molar-refractivity contribution is -0.142. The van der Waals surface area contributed by atoms with E-state index in [1.54, 1.807) is 43.3 Å². The molecule has 0 bridgehead atoms. The summed E-state index contributed by atoms with van der Waals surface area (Å²) in [6.07, 6.45) is 1.53. The van der Waals surface area contributed by atoms with Crippen molar-refractivity contribution < 1.29 is 9.90 Å². The van der Waals surface area contributed by atoms with Gasteiger partial charge in [-0.25, -0.2) is 4.79 Å². The molecule has 0 aliphatic carbocycles. The molecule has 1 atom stereocenters. The van der Waals surface area contributed by atoms with E-state index in [4.69, 9.17) is 0 Å². The third-order valence-corrected chi connectivity index (χ3v) is 2.73. The largest absolute Gasteiger partial charge is 0.479 e. The monoisotopic (exact) mass is 243 g/mol. The molecule has 2 aromatic rings. The Hall–Kier alpha value is -2.43. The van der Waals surface area contributed by atoms with Crippen LogP contribution < -0.4 is 5.32 Å². The lowest BCUT2D eigenvalue weighted by Gasteiger charge is -2.27. The van der Waals surface area contributed by atoms with Gasteiger partial charge < -0.3 is 10.4 Å². The molecule has 1 unspecified atom stereocenters. The van der Waals surface area contributed by atoms with Crippen molar-refractivity contribution in [2.24, 2.45) is 0 Å². The number of aromatic nitrogens is 2. The molecule has 2 rings (SSSR count). The molecule has 5 heteroatoms. The van der Waals surface area contributed by atoms with Gasteiger partial charge in [-0.2, -0.15) is 5.10 Å². The van der Waals surface area contributed by atoms with Crippen LogP contribution >= 0.6 is 0 Å². The van der Waals surface area contributed by atoms with Crippen molar-refractivity contribution in [3.8, 4) is 0 Å². The van der Waals surface area contributed by atoms with Gasteiger partial charge in [0.05, 0.1) is 0 Å². The highest BCUT2D eigenvalue weighted by Gasteiger charge is 2.35. The van der Waals surface area contributed by atoms with Gasteiger partial charge in [-0.05, 0) is 24.6 Å². The van der Waals surface area contributed by atoms with Crippen LogP contribution in [0.5, 0.6) is 0 Å². The topological polar surface area (TPSA) is 75.1 Å². The van der Waals surface area contributed by atoms with Gasteiger partial charge in [0.25, 0.3) is 0 Å². The van der Waals surface area contributed by atoms with Crippen LogP contribution in [0, 0.1) is 0 Å². The predicted octanol–water partition coefficient (Wildman–Crippen LogP) is 1.89. The van der Waals surface area contributed by atoms with Gasteiger partial charge in [-0.1, -0.05) is 30.3 Å². The molecule has 0 aliphatic heterocycles. The zero-order chi connectivity index (χ0) is 13.0. The van der Waals surface area contributed by atoms with E-state index in [9.17, 15) is 9.90 Å². The fourth-order valence-electron chi connectivity index (χ4n) is 1.64. The number of hydrogen-bond acceptors (Lipinski definition) is 4. The number of aliphatic carboxylic acids is 1. The minimum absolute atomic E-state index is 0.422. The maximum absolute atomic E-state index is 11.5. The SMILES string of the molecule is CC(Nc1cccnn1)(C(=O)O)c1ccccc1. The van der Waals surface area contributed by atoms with E-state index in [1.165, 1.54) is 6.20 Å². The van der Waals surface area contributed by atoms with Crippen LogP contribution in [-0.4, -0.2) is 21.3 Å². The number of rotatable bonds is 4. The van der Waals surface area contributed by atoms with Crippen LogP contribution in [0.15, 0.2) is 48.7 Å². The smallest absolute Gasteiger partial charge is 0.333 e. The summed E-state index contributed by atoms with van der Waals surface area (Å²) in [5.74, 6) is -0.550. The molecule has 5 nitrogen and oxygen atoms in total. The highest BCUT2D eigenvalue weighted by Crippen LogP contribution is 2.25. The summed E-state index contributed by atoms with van der Waals surface area (Å²) in [5.41, 5.74) is -0.583. The van der Waals surface area contributed by atoms with Crippen LogP contribution in [0.25, 0.3) is 0 Å². The molecule has 0 radical (unpaired) electrons. The lowest BCUT2D eigenvalue weighted by atomic mass is 9.92. The van der Waals surface area contributed by atoms with Crippen molar-refractivity contribution in [2.75, 3.05) is 5.32 Å². The van der Waals surface area contributed by atoms with E-state index in [0.717, 1.165) is 0 Å². The Balaban J connectivity index is 2.37. The maximum atomic E-state index is 11.5. The zero-order valence-corrected chi connectivity index (χ0v) is 9.87. The van der Waals surface area contributed by atoms with Crippen LogP contribution in [0.4, 0.5) is 5.82 Å². The fraction of sp³-hybridized carbons (Fsp3) is 0.154. The predicted molar refractivity (Wildman–Crippen MR) is 67.1 cm³/mol. The Morgan fingerprint density at radius 2 is 1.94 bits per heavy atom. The first-order valence-corrected chi connectivity index (χ1v) is 5.48. The van der Waals surface area contributed by atoms with Gasteiger partial charge in [-0.15, -0.1) is 5.10 Å². The van der Waals surface area contributed by atoms with E-state index in [2.05, 4.69) is 15.5 Å². The van der Waals surface area contributed by atoms with Gasteiger partial charge in [0.2, 0.25) is 0 Å². The van der Waals surface area contributed by atoms with Gasteiger partial charge in [0.1, 0.15) is 5.82 Å². The molecule has 1 aromatic heterocycles. The normalized spacial score (nSPS) is 13.6. The van der Waals surface area contributed by atoms with Crippen LogP contribution in [0.2, 0.25) is 0 Å². The number of nitrogens with zero attached hydrogens (tertiary/aromatic N) is 2. The molecule has 0 saturated carbocycles. The molecule has 1 aromatic carbocycles. The molecule has 0 fully saturated rings. The fourth-order valence-corrected chi connectivity index (χ4v) is 1.64. The van der Waals surface area contributed by atoms with Gasteiger partial charge in [0.15, 0.2) is 5.54 Å². The Morgan fingerprint density at radius 1 is 1.22 bits per heavy atom. The summed E-state index contributed by atoms with van der Waals surface area (Å²) in [6, 6.07) is 12.3. The molecule has 92 valence electrons. The Morgan fingerprint density at radius 3 is 2.50 bits per heavy atom. The summed E-state index contributed by atoms with van der Waals surface area (Å²) in [5, 5.41) is 19.9. The Kier molecular flexibility index (Phi) is 3.23. The highest BCUT2D eigenvalue weighted by molar-refractivity contribution is 5.83. The summed E-state index contributed by atoms with van der Waals surface area (Å²) in [4.78, 5) is 11.5. The van der Waals surface area contributed by atoms with Gasteiger partial charge in [-0.3, -0.25) is 0 Å². The third-order valence-electron chi connectivity index (χ3n) is 2.73. The van der Waals surface area contributed by atoms with Crippen molar-refractivity contribution in [1.82, 2.24) is 10.2 Å². The van der Waals surface area contributed by atoms with Crippen LogP contribution in [0.1, 0.15) is 12.5 Å². The number of benzene rings is 1. The van der Waals surface area contributed by atoms with Gasteiger partial charge >= 0.3 is 5.97 Å². The van der Waals surface area contributed by atoms with Crippen LogP contribution in [0.3, 0.4) is 0 Å². The minimum Gasteiger partial charge on any atom is -0.479 e. The molecule has 0 spiro atoms. The first-order chi connectivity index (χ1) is 8.63. The third kappa shape index (κ3) is 2.29. The quantitative estimate of drug-likeness (QED) is 0.857. The van der Waals surface area contributed by atoms with E-state index in [1.807, 2.05) is 6.07 Å². The van der Waals surface area contributed by atoms with Crippen LogP contribution in [-0.2, 0) is 10.3 Å².